The molecule has 4 heteroatoms. The van der Waals surface area contributed by atoms with Crippen LogP contribution in [0.2, 0.25) is 0 Å². The minimum absolute atomic E-state index is 0.269. The molecular weight excluding hydrogens is 272 g/mol. The molecule has 2 unspecified atom stereocenters. The molecule has 0 saturated carbocycles. The molecule has 1 heterocycles. The Bertz CT molecular complexity index is 348. The second kappa shape index (κ2) is 5.25. The minimum Gasteiger partial charge on any atom is -0.324 e. The molecule has 0 aliphatic heterocycles. The van der Waals surface area contributed by atoms with E-state index < -0.39 is 0 Å². The number of hydrogen-bond acceptors (Lipinski definition) is 3. The molecule has 1 aliphatic carbocycles. The van der Waals surface area contributed by atoms with Gasteiger partial charge in [-0.15, -0.1) is 11.3 Å². The molecule has 0 radical (unpaired) electrons. The van der Waals surface area contributed by atoms with Gasteiger partial charge in [-0.05, 0) is 39.7 Å². The van der Waals surface area contributed by atoms with E-state index in [1.165, 1.54) is 9.35 Å². The molecule has 0 fully saturated rings. The molecule has 82 valence electrons. The van der Waals surface area contributed by atoms with Crippen LogP contribution in [-0.4, -0.2) is 12.6 Å². The zero-order chi connectivity index (χ0) is 10.7. The maximum atomic E-state index is 5.80. The lowest BCUT2D eigenvalue weighted by Crippen LogP contribution is -2.23. The van der Waals surface area contributed by atoms with Crippen molar-refractivity contribution in [3.05, 3.63) is 32.9 Å². The van der Waals surface area contributed by atoms with E-state index in [0.29, 0.717) is 5.92 Å². The maximum absolute atomic E-state index is 5.80. The van der Waals surface area contributed by atoms with E-state index in [2.05, 4.69) is 44.8 Å². The number of thiophene rings is 1. The first kappa shape index (κ1) is 11.3. The highest BCUT2D eigenvalue weighted by Gasteiger charge is 2.14. The summed E-state index contributed by atoms with van der Waals surface area (Å²) in [4.78, 5) is 1.36. The Morgan fingerprint density at radius 2 is 2.40 bits per heavy atom. The molecule has 2 rings (SSSR count). The fourth-order valence-electron chi connectivity index (χ4n) is 1.78. The summed E-state index contributed by atoms with van der Waals surface area (Å²) in [5.74, 6) is 0.610. The van der Waals surface area contributed by atoms with Gasteiger partial charge in [-0.3, -0.25) is 0 Å². The van der Waals surface area contributed by atoms with Crippen LogP contribution in [0.4, 0.5) is 0 Å². The highest BCUT2D eigenvalue weighted by Crippen LogP contribution is 2.22. The first-order valence-electron chi connectivity index (χ1n) is 5.12. The van der Waals surface area contributed by atoms with Gasteiger partial charge in [-0.25, -0.2) is 0 Å². The highest BCUT2D eigenvalue weighted by molar-refractivity contribution is 9.10. The summed E-state index contributed by atoms with van der Waals surface area (Å²) in [6.45, 7) is 1.96. The molecule has 0 amide bonds. The summed E-state index contributed by atoms with van der Waals surface area (Å²) < 4.78 is 1.21. The van der Waals surface area contributed by atoms with Gasteiger partial charge in [0.25, 0.3) is 0 Å². The van der Waals surface area contributed by atoms with E-state index in [0.717, 1.165) is 19.5 Å². The van der Waals surface area contributed by atoms with Crippen molar-refractivity contribution in [3.63, 3.8) is 0 Å². The smallest absolute Gasteiger partial charge is 0.0327 e. The van der Waals surface area contributed by atoms with E-state index in [1.807, 2.05) is 0 Å². The number of rotatable bonds is 4. The Morgan fingerprint density at radius 3 is 3.00 bits per heavy atom. The van der Waals surface area contributed by atoms with Gasteiger partial charge < -0.3 is 11.1 Å². The fraction of sp³-hybridized carbons (Fsp3) is 0.455. The Morgan fingerprint density at radius 1 is 1.53 bits per heavy atom. The van der Waals surface area contributed by atoms with Gasteiger partial charge in [-0.2, -0.15) is 0 Å². The third kappa shape index (κ3) is 3.14. The third-order valence-electron chi connectivity index (χ3n) is 2.59. The van der Waals surface area contributed by atoms with Gasteiger partial charge >= 0.3 is 0 Å². The topological polar surface area (TPSA) is 38.0 Å². The third-order valence-corrected chi connectivity index (χ3v) is 4.51. The SMILES string of the molecule is NC1C=CC(CNCc2sccc2Br)C1. The van der Waals surface area contributed by atoms with Gasteiger partial charge in [0.15, 0.2) is 0 Å². The second-order valence-electron chi connectivity index (χ2n) is 3.87. The van der Waals surface area contributed by atoms with Crippen LogP contribution in [0.1, 0.15) is 11.3 Å². The molecule has 0 aromatic carbocycles. The zero-order valence-electron chi connectivity index (χ0n) is 8.45. The first-order valence-corrected chi connectivity index (χ1v) is 6.79. The molecule has 2 atom stereocenters. The number of nitrogens with one attached hydrogen (secondary N) is 1. The number of halogens is 1. The van der Waals surface area contributed by atoms with E-state index in [1.54, 1.807) is 11.3 Å². The van der Waals surface area contributed by atoms with Crippen molar-refractivity contribution in [1.82, 2.24) is 5.32 Å². The van der Waals surface area contributed by atoms with E-state index >= 15 is 0 Å². The normalized spacial score (nSPS) is 24.9. The molecule has 1 aromatic rings. The van der Waals surface area contributed by atoms with Gasteiger partial charge in [0.2, 0.25) is 0 Å². The Kier molecular flexibility index (Phi) is 3.97. The number of nitrogens with two attached hydrogens (primary N) is 1. The monoisotopic (exact) mass is 286 g/mol. The summed E-state index contributed by atoms with van der Waals surface area (Å²) in [6.07, 6.45) is 5.41. The molecule has 1 aliphatic rings. The van der Waals surface area contributed by atoms with E-state index in [-0.39, 0.29) is 6.04 Å². The van der Waals surface area contributed by atoms with Gasteiger partial charge in [0.1, 0.15) is 0 Å². The van der Waals surface area contributed by atoms with Crippen molar-refractivity contribution in [3.8, 4) is 0 Å². The quantitative estimate of drug-likeness (QED) is 0.835. The van der Waals surface area contributed by atoms with Gasteiger partial charge in [0.05, 0.1) is 0 Å². The lowest BCUT2D eigenvalue weighted by atomic mass is 10.1. The molecule has 0 bridgehead atoms. The minimum atomic E-state index is 0.269. The van der Waals surface area contributed by atoms with Crippen LogP contribution >= 0.6 is 27.3 Å². The van der Waals surface area contributed by atoms with Crippen LogP contribution in [-0.2, 0) is 6.54 Å². The van der Waals surface area contributed by atoms with Crippen molar-refractivity contribution in [1.29, 1.82) is 0 Å². The zero-order valence-corrected chi connectivity index (χ0v) is 10.9. The fourth-order valence-corrected chi connectivity index (χ4v) is 3.24. The molecule has 3 N–H and O–H groups in total. The Balaban J connectivity index is 1.72. The molecule has 0 spiro atoms. The summed E-state index contributed by atoms with van der Waals surface area (Å²) in [7, 11) is 0. The van der Waals surface area contributed by atoms with Crippen LogP contribution in [0.5, 0.6) is 0 Å². The standard InChI is InChI=1S/C11H15BrN2S/c12-10-3-4-15-11(10)7-14-6-8-1-2-9(13)5-8/h1-4,8-9,14H,5-7,13H2. The van der Waals surface area contributed by atoms with E-state index in [9.17, 15) is 0 Å². The average Bonchev–Trinajstić information content (AvgIpc) is 2.77. The summed E-state index contributed by atoms with van der Waals surface area (Å²) >= 11 is 5.31. The molecule has 2 nitrogen and oxygen atoms in total. The Labute approximate surface area is 103 Å². The average molecular weight is 287 g/mol. The van der Waals surface area contributed by atoms with Crippen molar-refractivity contribution in [2.45, 2.75) is 19.0 Å². The highest BCUT2D eigenvalue weighted by atomic mass is 79.9. The van der Waals surface area contributed by atoms with Crippen LogP contribution in [0.25, 0.3) is 0 Å². The van der Waals surface area contributed by atoms with Crippen LogP contribution < -0.4 is 11.1 Å². The molecular formula is C11H15BrN2S. The largest absolute Gasteiger partial charge is 0.324 e. The van der Waals surface area contributed by atoms with Gasteiger partial charge in [0, 0.05) is 28.5 Å². The van der Waals surface area contributed by atoms with Gasteiger partial charge in [-0.1, -0.05) is 12.2 Å². The predicted octanol–water partition coefficient (Wildman–Crippen LogP) is 2.50. The first-order chi connectivity index (χ1) is 7.25. The predicted molar refractivity (Wildman–Crippen MR) is 68.9 cm³/mol. The van der Waals surface area contributed by atoms with Crippen molar-refractivity contribution >= 4 is 27.3 Å². The summed E-state index contributed by atoms with van der Waals surface area (Å²) in [5.41, 5.74) is 5.80. The Hall–Kier alpha value is -0.160. The summed E-state index contributed by atoms with van der Waals surface area (Å²) in [6, 6.07) is 2.36. The van der Waals surface area contributed by atoms with Crippen LogP contribution in [0.15, 0.2) is 28.1 Å². The summed E-state index contributed by atoms with van der Waals surface area (Å²) in [5, 5.41) is 5.57. The van der Waals surface area contributed by atoms with Crippen molar-refractivity contribution in [2.75, 3.05) is 6.54 Å². The van der Waals surface area contributed by atoms with Crippen LogP contribution in [0, 0.1) is 5.92 Å². The molecule has 15 heavy (non-hydrogen) atoms. The molecule has 1 aromatic heterocycles. The second-order valence-corrected chi connectivity index (χ2v) is 5.72. The van der Waals surface area contributed by atoms with Crippen molar-refractivity contribution in [2.24, 2.45) is 11.7 Å². The number of hydrogen-bond donors (Lipinski definition) is 2. The molecule has 0 saturated heterocycles. The van der Waals surface area contributed by atoms with Crippen molar-refractivity contribution < 1.29 is 0 Å². The van der Waals surface area contributed by atoms with Crippen LogP contribution in [0.3, 0.4) is 0 Å². The lowest BCUT2D eigenvalue weighted by Gasteiger charge is -2.10. The maximum Gasteiger partial charge on any atom is 0.0327 e. The van der Waals surface area contributed by atoms with E-state index in [4.69, 9.17) is 5.73 Å². The lowest BCUT2D eigenvalue weighted by molar-refractivity contribution is 0.529.